The number of carbonyl (C=O) groups is 1. The van der Waals surface area contributed by atoms with Crippen LogP contribution in [0.2, 0.25) is 0 Å². The summed E-state index contributed by atoms with van der Waals surface area (Å²) in [4.78, 5) is 14.5. The molecule has 1 aromatic rings. The standard InChI is InChI=1S/C14H22N2OS2/c1-4-12-14(17)16(7-10(2)8-18-3)13(15-12)11-5-6-19-9-11/h5-6,9-10,12-13,15H,4,7-8H2,1-3H3. The van der Waals surface area contributed by atoms with Crippen LogP contribution in [0.3, 0.4) is 0 Å². The van der Waals surface area contributed by atoms with Gasteiger partial charge in [0, 0.05) is 6.54 Å². The van der Waals surface area contributed by atoms with Crippen molar-refractivity contribution in [2.45, 2.75) is 32.5 Å². The first kappa shape index (κ1) is 14.9. The number of nitrogens with zero attached hydrogens (tertiary/aromatic N) is 1. The van der Waals surface area contributed by atoms with Gasteiger partial charge in [0.15, 0.2) is 0 Å². The maximum Gasteiger partial charge on any atom is 0.241 e. The molecule has 1 aliphatic heterocycles. The van der Waals surface area contributed by atoms with Crippen LogP contribution >= 0.6 is 23.1 Å². The highest BCUT2D eigenvalue weighted by Crippen LogP contribution is 2.29. The van der Waals surface area contributed by atoms with E-state index in [-0.39, 0.29) is 18.1 Å². The largest absolute Gasteiger partial charge is 0.321 e. The molecule has 3 nitrogen and oxygen atoms in total. The zero-order chi connectivity index (χ0) is 13.8. The zero-order valence-corrected chi connectivity index (χ0v) is 13.4. The molecular formula is C14H22N2OS2. The number of nitrogens with one attached hydrogen (secondary N) is 1. The van der Waals surface area contributed by atoms with Crippen molar-refractivity contribution in [1.82, 2.24) is 10.2 Å². The minimum Gasteiger partial charge on any atom is -0.321 e. The Bertz CT molecular complexity index is 408. The number of thiophene rings is 1. The molecule has 1 amide bonds. The van der Waals surface area contributed by atoms with Gasteiger partial charge in [0.25, 0.3) is 0 Å². The third-order valence-electron chi connectivity index (χ3n) is 3.48. The molecule has 1 saturated heterocycles. The third kappa shape index (κ3) is 3.33. The highest BCUT2D eigenvalue weighted by atomic mass is 32.2. The van der Waals surface area contributed by atoms with Gasteiger partial charge >= 0.3 is 0 Å². The van der Waals surface area contributed by atoms with Gasteiger partial charge in [-0.3, -0.25) is 10.1 Å². The number of hydrogen-bond donors (Lipinski definition) is 1. The summed E-state index contributed by atoms with van der Waals surface area (Å²) in [5, 5.41) is 7.67. The number of hydrogen-bond acceptors (Lipinski definition) is 4. The van der Waals surface area contributed by atoms with Crippen LogP contribution in [0, 0.1) is 5.92 Å². The van der Waals surface area contributed by atoms with Gasteiger partial charge in [0.2, 0.25) is 5.91 Å². The van der Waals surface area contributed by atoms with E-state index in [1.165, 1.54) is 5.56 Å². The Morgan fingerprint density at radius 1 is 1.58 bits per heavy atom. The van der Waals surface area contributed by atoms with Crippen molar-refractivity contribution in [2.75, 3.05) is 18.6 Å². The topological polar surface area (TPSA) is 32.3 Å². The first-order valence-electron chi connectivity index (χ1n) is 6.75. The molecule has 5 heteroatoms. The van der Waals surface area contributed by atoms with Crippen LogP contribution in [0.25, 0.3) is 0 Å². The summed E-state index contributed by atoms with van der Waals surface area (Å²) in [5.41, 5.74) is 1.21. The van der Waals surface area contributed by atoms with Gasteiger partial charge in [-0.2, -0.15) is 23.1 Å². The predicted molar refractivity (Wildman–Crippen MR) is 83.5 cm³/mol. The molecule has 106 valence electrons. The minimum absolute atomic E-state index is 0.0219. The fraction of sp³-hybridized carbons (Fsp3) is 0.643. The van der Waals surface area contributed by atoms with E-state index in [0.717, 1.165) is 18.7 Å². The average molecular weight is 298 g/mol. The molecule has 0 saturated carbocycles. The lowest BCUT2D eigenvalue weighted by molar-refractivity contribution is -0.130. The number of thioether (sulfide) groups is 1. The van der Waals surface area contributed by atoms with Crippen LogP contribution in [0.15, 0.2) is 16.8 Å². The lowest BCUT2D eigenvalue weighted by Gasteiger charge is -2.26. The Hall–Kier alpha value is -0.520. The second-order valence-corrected chi connectivity index (χ2v) is 6.83. The molecular weight excluding hydrogens is 276 g/mol. The zero-order valence-electron chi connectivity index (χ0n) is 11.8. The first-order chi connectivity index (χ1) is 9.17. The highest BCUT2D eigenvalue weighted by Gasteiger charge is 2.38. The molecule has 1 aromatic heterocycles. The summed E-state index contributed by atoms with van der Waals surface area (Å²) in [5.74, 6) is 1.88. The summed E-state index contributed by atoms with van der Waals surface area (Å²) in [6.45, 7) is 5.12. The second-order valence-electron chi connectivity index (χ2n) is 5.14. The molecule has 2 rings (SSSR count). The lowest BCUT2D eigenvalue weighted by atomic mass is 10.1. The van der Waals surface area contributed by atoms with Gasteiger partial charge < -0.3 is 4.90 Å². The molecule has 19 heavy (non-hydrogen) atoms. The van der Waals surface area contributed by atoms with Gasteiger partial charge in [0.05, 0.1) is 6.04 Å². The third-order valence-corrected chi connectivity index (χ3v) is 5.08. The van der Waals surface area contributed by atoms with Crippen molar-refractivity contribution in [3.8, 4) is 0 Å². The van der Waals surface area contributed by atoms with Gasteiger partial charge in [0.1, 0.15) is 6.17 Å². The Labute approximate surface area is 123 Å². The van der Waals surface area contributed by atoms with E-state index in [2.05, 4.69) is 42.2 Å². The Morgan fingerprint density at radius 2 is 2.37 bits per heavy atom. The van der Waals surface area contributed by atoms with Crippen LogP contribution < -0.4 is 5.32 Å². The van der Waals surface area contributed by atoms with Crippen LogP contribution in [0.1, 0.15) is 32.0 Å². The van der Waals surface area contributed by atoms with Crippen LogP contribution in [0.4, 0.5) is 0 Å². The smallest absolute Gasteiger partial charge is 0.241 e. The van der Waals surface area contributed by atoms with E-state index in [4.69, 9.17) is 0 Å². The summed E-state index contributed by atoms with van der Waals surface area (Å²) in [6.07, 6.45) is 3.03. The molecule has 3 unspecified atom stereocenters. The molecule has 0 radical (unpaired) electrons. The summed E-state index contributed by atoms with van der Waals surface area (Å²) < 4.78 is 0. The monoisotopic (exact) mass is 298 g/mol. The van der Waals surface area contributed by atoms with Crippen molar-refractivity contribution in [3.05, 3.63) is 22.4 Å². The molecule has 0 bridgehead atoms. The van der Waals surface area contributed by atoms with Crippen LogP contribution in [-0.2, 0) is 4.79 Å². The first-order valence-corrected chi connectivity index (χ1v) is 9.08. The van der Waals surface area contributed by atoms with E-state index in [1.807, 2.05) is 16.7 Å². The molecule has 0 aliphatic carbocycles. The van der Waals surface area contributed by atoms with Crippen molar-refractivity contribution >= 4 is 29.0 Å². The molecule has 1 fully saturated rings. The summed E-state index contributed by atoms with van der Waals surface area (Å²) in [7, 11) is 0. The van der Waals surface area contributed by atoms with Crippen molar-refractivity contribution < 1.29 is 4.79 Å². The molecule has 2 heterocycles. The number of amides is 1. The molecule has 1 N–H and O–H groups in total. The van der Waals surface area contributed by atoms with E-state index in [1.54, 1.807) is 11.3 Å². The Kier molecular flexibility index (Phi) is 5.30. The minimum atomic E-state index is -0.0219. The van der Waals surface area contributed by atoms with Gasteiger partial charge in [-0.25, -0.2) is 0 Å². The predicted octanol–water partition coefficient (Wildman–Crippen LogP) is 2.96. The van der Waals surface area contributed by atoms with Crippen LogP contribution in [0.5, 0.6) is 0 Å². The molecule has 1 aliphatic rings. The molecule has 3 atom stereocenters. The summed E-state index contributed by atoms with van der Waals surface area (Å²) >= 11 is 3.53. The van der Waals surface area contributed by atoms with Gasteiger partial charge in [-0.15, -0.1) is 0 Å². The van der Waals surface area contributed by atoms with Gasteiger partial charge in [-0.05, 0) is 46.7 Å². The number of carbonyl (C=O) groups excluding carboxylic acids is 1. The maximum absolute atomic E-state index is 12.4. The van der Waals surface area contributed by atoms with E-state index in [0.29, 0.717) is 5.92 Å². The summed E-state index contributed by atoms with van der Waals surface area (Å²) in [6, 6.07) is 2.09. The normalized spacial score (nSPS) is 25.0. The van der Waals surface area contributed by atoms with E-state index in [9.17, 15) is 4.79 Å². The highest BCUT2D eigenvalue weighted by molar-refractivity contribution is 7.98. The van der Waals surface area contributed by atoms with E-state index >= 15 is 0 Å². The van der Waals surface area contributed by atoms with Crippen molar-refractivity contribution in [1.29, 1.82) is 0 Å². The number of rotatable bonds is 6. The van der Waals surface area contributed by atoms with Crippen LogP contribution in [-0.4, -0.2) is 35.4 Å². The SMILES string of the molecule is CCC1NC(c2ccsc2)N(CC(C)CSC)C1=O. The quantitative estimate of drug-likeness (QED) is 0.876. The Morgan fingerprint density at radius 3 is 2.95 bits per heavy atom. The van der Waals surface area contributed by atoms with Gasteiger partial charge in [-0.1, -0.05) is 13.8 Å². The Balaban J connectivity index is 2.13. The lowest BCUT2D eigenvalue weighted by Crippen LogP contribution is -2.35. The second kappa shape index (κ2) is 6.77. The molecule has 0 aromatic carbocycles. The average Bonchev–Trinajstić information content (AvgIpc) is 2.99. The van der Waals surface area contributed by atoms with Crippen molar-refractivity contribution in [2.24, 2.45) is 5.92 Å². The fourth-order valence-electron chi connectivity index (χ4n) is 2.55. The maximum atomic E-state index is 12.4. The van der Waals surface area contributed by atoms with E-state index < -0.39 is 0 Å². The molecule has 0 spiro atoms. The fourth-order valence-corrected chi connectivity index (χ4v) is 3.90. The van der Waals surface area contributed by atoms with Crippen molar-refractivity contribution in [3.63, 3.8) is 0 Å².